The van der Waals surface area contributed by atoms with E-state index in [1.54, 1.807) is 0 Å². The van der Waals surface area contributed by atoms with Crippen molar-refractivity contribution in [2.45, 2.75) is 0 Å². The zero-order chi connectivity index (χ0) is 34.1. The second-order valence-corrected chi connectivity index (χ2v) is 14.7. The predicted octanol–water partition coefficient (Wildman–Crippen LogP) is 10.4. The summed E-state index contributed by atoms with van der Waals surface area (Å²) in [7, 11) is 0. The summed E-state index contributed by atoms with van der Waals surface area (Å²) in [6.07, 6.45) is 0. The third-order valence-electron chi connectivity index (χ3n) is 12.3. The van der Waals surface area contributed by atoms with Gasteiger partial charge in [-0.05, 0) is 59.0 Å². The van der Waals surface area contributed by atoms with Gasteiger partial charge in [0, 0.05) is 54.1 Å². The lowest BCUT2D eigenvalue weighted by Crippen LogP contribution is -2.57. The number of hydrogen-bond donors (Lipinski definition) is 0. The van der Waals surface area contributed by atoms with Crippen LogP contribution in [-0.2, 0) is 0 Å². The zero-order valence-corrected chi connectivity index (χ0v) is 28.2. The summed E-state index contributed by atoms with van der Waals surface area (Å²) < 4.78 is 18.8. The summed E-state index contributed by atoms with van der Waals surface area (Å²) in [6.45, 7) is 0.0225. The van der Waals surface area contributed by atoms with Crippen LogP contribution in [0.25, 0.3) is 87.3 Å². The highest BCUT2D eigenvalue weighted by atomic mass is 16.5. The van der Waals surface area contributed by atoms with Gasteiger partial charge in [-0.15, -0.1) is 0 Å². The second-order valence-electron chi connectivity index (χ2n) is 14.7. The van der Waals surface area contributed by atoms with Gasteiger partial charge in [-0.3, -0.25) is 0 Å². The number of para-hydroxylation sites is 6. The number of nitrogens with zero attached hydrogens (tertiary/aromatic N) is 2. The van der Waals surface area contributed by atoms with Crippen LogP contribution in [-0.4, -0.2) is 15.5 Å². The van der Waals surface area contributed by atoms with Gasteiger partial charge in [0.05, 0.1) is 33.1 Å². The molecule has 0 saturated carbocycles. The highest BCUT2D eigenvalue weighted by Crippen LogP contribution is 2.51. The Morgan fingerprint density at radius 1 is 0.377 bits per heavy atom. The SMILES string of the molecule is c1ccc2c(c1)Oc1cc(-c3c4c5cccc6c7ccccc7n(c4cc4c7cccc8c9ccccc9n(c34)c87)c65)cc3c1B2c1ccccc1O3. The van der Waals surface area contributed by atoms with E-state index in [9.17, 15) is 0 Å². The molecule has 0 saturated heterocycles. The van der Waals surface area contributed by atoms with E-state index in [4.69, 9.17) is 9.47 Å². The maximum absolute atomic E-state index is 6.89. The van der Waals surface area contributed by atoms with Gasteiger partial charge < -0.3 is 18.3 Å². The molecule has 4 aromatic heterocycles. The average Bonchev–Trinajstić information content (AvgIpc) is 3.93. The van der Waals surface area contributed by atoms with E-state index in [1.807, 2.05) is 0 Å². The molecule has 8 aromatic carbocycles. The lowest BCUT2D eigenvalue weighted by atomic mass is 9.35. The molecule has 0 bridgehead atoms. The summed E-state index contributed by atoms with van der Waals surface area (Å²) in [4.78, 5) is 0. The van der Waals surface area contributed by atoms with Crippen LogP contribution in [0.1, 0.15) is 0 Å². The van der Waals surface area contributed by atoms with E-state index in [1.165, 1.54) is 92.7 Å². The Morgan fingerprint density at radius 2 is 0.887 bits per heavy atom. The Balaban J connectivity index is 1.22. The first kappa shape index (κ1) is 26.8. The Kier molecular flexibility index (Phi) is 4.59. The molecule has 4 nitrogen and oxygen atoms in total. The van der Waals surface area contributed by atoms with Crippen molar-refractivity contribution in [1.82, 2.24) is 8.80 Å². The van der Waals surface area contributed by atoms with Crippen molar-refractivity contribution < 1.29 is 9.47 Å². The molecule has 0 unspecified atom stereocenters. The van der Waals surface area contributed by atoms with Gasteiger partial charge in [0.2, 0.25) is 0 Å². The first-order valence-electron chi connectivity index (χ1n) is 18.3. The Bertz CT molecular complexity index is 3520. The molecule has 0 radical (unpaired) electrons. The Hall–Kier alpha value is -6.98. The van der Waals surface area contributed by atoms with E-state index in [2.05, 4.69) is 160 Å². The van der Waals surface area contributed by atoms with Crippen LogP contribution in [0.5, 0.6) is 23.0 Å². The summed E-state index contributed by atoms with van der Waals surface area (Å²) in [5.74, 6) is 3.49. The molecule has 53 heavy (non-hydrogen) atoms. The van der Waals surface area contributed by atoms with Gasteiger partial charge in [0.1, 0.15) is 23.0 Å². The number of ether oxygens (including phenoxy) is 2. The van der Waals surface area contributed by atoms with Gasteiger partial charge in [0.25, 0.3) is 6.71 Å². The largest absolute Gasteiger partial charge is 0.458 e. The molecule has 2 aliphatic rings. The van der Waals surface area contributed by atoms with Crippen LogP contribution in [0.4, 0.5) is 0 Å². The van der Waals surface area contributed by atoms with Crippen LogP contribution in [0.15, 0.2) is 152 Å². The van der Waals surface area contributed by atoms with Crippen molar-refractivity contribution >= 4 is 99.3 Å². The molecule has 0 aliphatic carbocycles. The normalized spacial score (nSPS) is 13.5. The van der Waals surface area contributed by atoms with Crippen molar-refractivity contribution in [1.29, 1.82) is 0 Å². The molecule has 242 valence electrons. The minimum atomic E-state index is 0.0225. The van der Waals surface area contributed by atoms with Gasteiger partial charge in [-0.1, -0.05) is 109 Å². The molecular weight excluding hydrogens is 647 g/mol. The minimum absolute atomic E-state index is 0.0225. The smallest absolute Gasteiger partial charge is 0.260 e. The van der Waals surface area contributed by atoms with E-state index >= 15 is 0 Å². The van der Waals surface area contributed by atoms with Gasteiger partial charge >= 0.3 is 0 Å². The standard InChI is InChI=1S/C48H25BN2O2/c1-5-19-36-27(11-1)30-14-10-16-32-44-38(50(36)47(30)32)25-33-31-15-9-13-29-28-12-2-6-20-37(28)51(46(29)31)48(33)43(44)26-23-41-45-42(24-26)53-40-22-8-4-18-35(40)49(45)34-17-3-7-21-39(34)52-41/h1-25H. The Morgan fingerprint density at radius 3 is 1.55 bits per heavy atom. The maximum atomic E-state index is 6.89. The zero-order valence-electron chi connectivity index (χ0n) is 28.2. The van der Waals surface area contributed by atoms with Crippen molar-refractivity contribution in [3.8, 4) is 34.1 Å². The third kappa shape index (κ3) is 3.06. The fourth-order valence-corrected chi connectivity index (χ4v) is 10.3. The van der Waals surface area contributed by atoms with E-state index in [0.717, 1.165) is 34.0 Å². The summed E-state index contributed by atoms with van der Waals surface area (Å²) in [5, 5.41) is 10.1. The molecule has 0 spiro atoms. The van der Waals surface area contributed by atoms with Crippen LogP contribution < -0.4 is 25.9 Å². The lowest BCUT2D eigenvalue weighted by molar-refractivity contribution is 0.465. The minimum Gasteiger partial charge on any atom is -0.458 e. The van der Waals surface area contributed by atoms with E-state index in [-0.39, 0.29) is 6.71 Å². The predicted molar refractivity (Wildman–Crippen MR) is 219 cm³/mol. The molecule has 5 heteroatoms. The highest BCUT2D eigenvalue weighted by molar-refractivity contribution is 6.98. The van der Waals surface area contributed by atoms with Crippen LogP contribution in [0, 0.1) is 0 Å². The average molecular weight is 673 g/mol. The monoisotopic (exact) mass is 672 g/mol. The van der Waals surface area contributed by atoms with Crippen LogP contribution >= 0.6 is 0 Å². The van der Waals surface area contributed by atoms with E-state index < -0.39 is 0 Å². The van der Waals surface area contributed by atoms with Crippen molar-refractivity contribution in [3.63, 3.8) is 0 Å². The summed E-state index contributed by atoms with van der Waals surface area (Å²) in [5.41, 5.74) is 13.1. The van der Waals surface area contributed by atoms with Crippen molar-refractivity contribution in [2.24, 2.45) is 0 Å². The molecule has 12 aromatic rings. The highest BCUT2D eigenvalue weighted by Gasteiger charge is 2.40. The topological polar surface area (TPSA) is 27.3 Å². The number of rotatable bonds is 1. The molecule has 0 atom stereocenters. The molecule has 2 aliphatic heterocycles. The van der Waals surface area contributed by atoms with Gasteiger partial charge in [0.15, 0.2) is 0 Å². The quantitative estimate of drug-likeness (QED) is 0.162. The van der Waals surface area contributed by atoms with Gasteiger partial charge in [-0.25, -0.2) is 0 Å². The Labute approximate surface area is 302 Å². The van der Waals surface area contributed by atoms with Crippen LogP contribution in [0.2, 0.25) is 0 Å². The first-order chi connectivity index (χ1) is 26.3. The molecule has 0 N–H and O–H groups in total. The second kappa shape index (κ2) is 9.08. The lowest BCUT2D eigenvalue weighted by Gasteiger charge is -2.33. The van der Waals surface area contributed by atoms with Crippen molar-refractivity contribution in [3.05, 3.63) is 152 Å². The third-order valence-corrected chi connectivity index (χ3v) is 12.3. The number of fused-ring (bicyclic) bond motifs is 16. The maximum Gasteiger partial charge on any atom is 0.260 e. The number of benzene rings is 8. The van der Waals surface area contributed by atoms with E-state index in [0.29, 0.717) is 0 Å². The molecule has 0 amide bonds. The fraction of sp³-hybridized carbons (Fsp3) is 0. The molecular formula is C48H25BN2O2. The van der Waals surface area contributed by atoms with Gasteiger partial charge in [-0.2, -0.15) is 0 Å². The summed E-state index contributed by atoms with van der Waals surface area (Å²) >= 11 is 0. The fourth-order valence-electron chi connectivity index (χ4n) is 10.3. The van der Waals surface area contributed by atoms with Crippen molar-refractivity contribution in [2.75, 3.05) is 0 Å². The number of aromatic nitrogens is 2. The number of hydrogen-bond acceptors (Lipinski definition) is 2. The first-order valence-corrected chi connectivity index (χ1v) is 18.3. The summed E-state index contributed by atoms with van der Waals surface area (Å²) in [6, 6.07) is 55.2. The van der Waals surface area contributed by atoms with Crippen LogP contribution in [0.3, 0.4) is 0 Å². The molecule has 0 fully saturated rings. The molecule has 14 rings (SSSR count). The molecule has 6 heterocycles.